The summed E-state index contributed by atoms with van der Waals surface area (Å²) in [4.78, 5) is 21.0. The molecule has 0 spiro atoms. The van der Waals surface area contributed by atoms with Gasteiger partial charge in [-0.15, -0.1) is 0 Å². The molecule has 8 heteroatoms. The van der Waals surface area contributed by atoms with Crippen molar-refractivity contribution in [1.29, 1.82) is 0 Å². The Morgan fingerprint density at radius 2 is 1.89 bits per heavy atom. The Balaban J connectivity index is 1.54. The number of hydrogen-bond acceptors (Lipinski definition) is 6. The van der Waals surface area contributed by atoms with Crippen molar-refractivity contribution in [2.45, 2.75) is 13.8 Å². The fourth-order valence-corrected chi connectivity index (χ4v) is 3.02. The van der Waals surface area contributed by atoms with Gasteiger partial charge < -0.3 is 15.1 Å². The molecule has 3 aromatic heterocycles. The lowest BCUT2D eigenvalue weighted by Gasteiger charge is -2.09. The average Bonchev–Trinajstić information content (AvgIpc) is 3.34. The predicted molar refractivity (Wildman–Crippen MR) is 106 cm³/mol. The number of nitrogens with one attached hydrogen (secondary N) is 2. The highest BCUT2D eigenvalue weighted by Gasteiger charge is 2.16. The van der Waals surface area contributed by atoms with E-state index in [0.717, 1.165) is 22.4 Å². The molecular formula is C20H20N6O2. The molecule has 0 aliphatic heterocycles. The molecule has 1 aromatic carbocycles. The zero-order chi connectivity index (χ0) is 19.5. The monoisotopic (exact) mass is 376 g/mol. The van der Waals surface area contributed by atoms with E-state index in [2.05, 4.69) is 25.7 Å². The van der Waals surface area contributed by atoms with Gasteiger partial charge in [0.05, 0.1) is 23.0 Å². The first-order chi connectivity index (χ1) is 13.6. The van der Waals surface area contributed by atoms with Gasteiger partial charge in [-0.3, -0.25) is 4.79 Å². The van der Waals surface area contributed by atoms with Crippen LogP contribution in [0.2, 0.25) is 0 Å². The van der Waals surface area contributed by atoms with Crippen molar-refractivity contribution in [3.05, 3.63) is 66.0 Å². The molecule has 4 rings (SSSR count). The number of benzene rings is 1. The van der Waals surface area contributed by atoms with Crippen LogP contribution >= 0.6 is 0 Å². The smallest absolute Gasteiger partial charge is 0.287 e. The Bertz CT molecular complexity index is 1100. The zero-order valence-corrected chi connectivity index (χ0v) is 15.6. The SMILES string of the molecule is Cc1nc(NCCNC(=O)c2ccco2)c2c(C)nn(-c3ccccc3)c2n1. The molecule has 1 amide bonds. The Morgan fingerprint density at radius 1 is 1.07 bits per heavy atom. The summed E-state index contributed by atoms with van der Waals surface area (Å²) in [7, 11) is 0. The first kappa shape index (κ1) is 17.7. The predicted octanol–water partition coefficient (Wildman–Crippen LogP) is 2.87. The van der Waals surface area contributed by atoms with Crippen molar-refractivity contribution in [3.8, 4) is 5.69 Å². The van der Waals surface area contributed by atoms with Crippen molar-refractivity contribution in [1.82, 2.24) is 25.1 Å². The lowest BCUT2D eigenvalue weighted by molar-refractivity contribution is 0.0927. The number of carbonyl (C=O) groups excluding carboxylic acids is 1. The number of para-hydroxylation sites is 1. The van der Waals surface area contributed by atoms with E-state index >= 15 is 0 Å². The van der Waals surface area contributed by atoms with E-state index in [1.807, 2.05) is 48.9 Å². The van der Waals surface area contributed by atoms with Gasteiger partial charge in [-0.05, 0) is 38.1 Å². The third-order valence-corrected chi connectivity index (χ3v) is 4.26. The van der Waals surface area contributed by atoms with E-state index in [4.69, 9.17) is 4.42 Å². The number of rotatable bonds is 6. The molecule has 0 atom stereocenters. The van der Waals surface area contributed by atoms with Gasteiger partial charge in [0.1, 0.15) is 11.6 Å². The molecular weight excluding hydrogens is 356 g/mol. The highest BCUT2D eigenvalue weighted by molar-refractivity contribution is 5.92. The van der Waals surface area contributed by atoms with Crippen molar-refractivity contribution in [3.63, 3.8) is 0 Å². The van der Waals surface area contributed by atoms with E-state index in [-0.39, 0.29) is 5.91 Å². The van der Waals surface area contributed by atoms with E-state index in [0.29, 0.717) is 30.5 Å². The standard InChI is InChI=1S/C20H20N6O2/c1-13-17-18(21-10-11-22-20(27)16-9-6-12-28-16)23-14(2)24-19(17)26(25-13)15-7-4-3-5-8-15/h3-9,12H,10-11H2,1-2H3,(H,22,27)(H,21,23,24). The van der Waals surface area contributed by atoms with Crippen LogP contribution in [0.4, 0.5) is 5.82 Å². The summed E-state index contributed by atoms with van der Waals surface area (Å²) in [5, 5.41) is 11.6. The van der Waals surface area contributed by atoms with Gasteiger partial charge >= 0.3 is 0 Å². The molecule has 2 N–H and O–H groups in total. The largest absolute Gasteiger partial charge is 0.459 e. The fraction of sp³-hybridized carbons (Fsp3) is 0.200. The number of amides is 1. The number of carbonyl (C=O) groups is 1. The highest BCUT2D eigenvalue weighted by atomic mass is 16.3. The molecule has 0 aliphatic rings. The van der Waals surface area contributed by atoms with Gasteiger partial charge in [0.2, 0.25) is 0 Å². The maximum absolute atomic E-state index is 11.9. The van der Waals surface area contributed by atoms with Gasteiger partial charge in [-0.1, -0.05) is 18.2 Å². The maximum Gasteiger partial charge on any atom is 0.287 e. The molecule has 0 fully saturated rings. The van der Waals surface area contributed by atoms with Crippen molar-refractivity contribution in [2.75, 3.05) is 18.4 Å². The van der Waals surface area contributed by atoms with Crippen LogP contribution in [0.5, 0.6) is 0 Å². The minimum Gasteiger partial charge on any atom is -0.459 e. The second-order valence-electron chi connectivity index (χ2n) is 6.31. The van der Waals surface area contributed by atoms with Crippen molar-refractivity contribution < 1.29 is 9.21 Å². The van der Waals surface area contributed by atoms with E-state index in [1.54, 1.807) is 12.1 Å². The van der Waals surface area contributed by atoms with E-state index in [9.17, 15) is 4.79 Å². The highest BCUT2D eigenvalue weighted by Crippen LogP contribution is 2.26. The number of anilines is 1. The summed E-state index contributed by atoms with van der Waals surface area (Å²) in [6.07, 6.45) is 1.47. The third kappa shape index (κ3) is 3.44. The Hall–Kier alpha value is -3.68. The number of fused-ring (bicyclic) bond motifs is 1. The molecule has 8 nitrogen and oxygen atoms in total. The summed E-state index contributed by atoms with van der Waals surface area (Å²) in [6, 6.07) is 13.2. The van der Waals surface area contributed by atoms with Crippen LogP contribution in [0, 0.1) is 13.8 Å². The Labute approximate surface area is 161 Å². The first-order valence-corrected chi connectivity index (χ1v) is 8.98. The van der Waals surface area contributed by atoms with Crippen LogP contribution in [0.15, 0.2) is 53.1 Å². The van der Waals surface area contributed by atoms with Gasteiger partial charge in [0.25, 0.3) is 5.91 Å². The summed E-state index contributed by atoms with van der Waals surface area (Å²) in [5.74, 6) is 1.39. The molecule has 0 bridgehead atoms. The van der Waals surface area contributed by atoms with Crippen LogP contribution in [0.25, 0.3) is 16.7 Å². The summed E-state index contributed by atoms with van der Waals surface area (Å²) >= 11 is 0. The number of nitrogens with zero attached hydrogens (tertiary/aromatic N) is 4. The van der Waals surface area contributed by atoms with Gasteiger partial charge in [0, 0.05) is 13.1 Å². The van der Waals surface area contributed by atoms with Crippen LogP contribution < -0.4 is 10.6 Å². The van der Waals surface area contributed by atoms with Gasteiger partial charge in [-0.2, -0.15) is 5.10 Å². The topological polar surface area (TPSA) is 97.9 Å². The number of furan rings is 1. The summed E-state index contributed by atoms with van der Waals surface area (Å²) in [6.45, 7) is 4.72. The van der Waals surface area contributed by atoms with E-state index < -0.39 is 0 Å². The van der Waals surface area contributed by atoms with Gasteiger partial charge in [0.15, 0.2) is 11.4 Å². The minimum absolute atomic E-state index is 0.246. The van der Waals surface area contributed by atoms with Crippen molar-refractivity contribution in [2.24, 2.45) is 0 Å². The van der Waals surface area contributed by atoms with Crippen LogP contribution in [-0.2, 0) is 0 Å². The lowest BCUT2D eigenvalue weighted by Crippen LogP contribution is -2.28. The molecule has 142 valence electrons. The quantitative estimate of drug-likeness (QED) is 0.502. The summed E-state index contributed by atoms with van der Waals surface area (Å²) < 4.78 is 6.90. The number of aromatic nitrogens is 4. The average molecular weight is 376 g/mol. The molecule has 0 unspecified atom stereocenters. The lowest BCUT2D eigenvalue weighted by atomic mass is 10.3. The molecule has 28 heavy (non-hydrogen) atoms. The van der Waals surface area contributed by atoms with E-state index in [1.165, 1.54) is 6.26 Å². The minimum atomic E-state index is -0.246. The van der Waals surface area contributed by atoms with Gasteiger partial charge in [-0.25, -0.2) is 14.6 Å². The number of hydrogen-bond donors (Lipinski definition) is 2. The maximum atomic E-state index is 11.9. The normalized spacial score (nSPS) is 10.9. The zero-order valence-electron chi connectivity index (χ0n) is 15.6. The van der Waals surface area contributed by atoms with Crippen molar-refractivity contribution >= 4 is 22.8 Å². The van der Waals surface area contributed by atoms with Crippen LogP contribution in [-0.4, -0.2) is 38.7 Å². The molecule has 0 saturated carbocycles. The Kier molecular flexibility index (Phi) is 4.76. The number of aryl methyl sites for hydroxylation is 2. The Morgan fingerprint density at radius 3 is 2.64 bits per heavy atom. The molecule has 3 heterocycles. The van der Waals surface area contributed by atoms with Crippen LogP contribution in [0.1, 0.15) is 22.1 Å². The third-order valence-electron chi connectivity index (χ3n) is 4.26. The second-order valence-corrected chi connectivity index (χ2v) is 6.31. The first-order valence-electron chi connectivity index (χ1n) is 8.98. The molecule has 4 aromatic rings. The second kappa shape index (κ2) is 7.51. The molecule has 0 radical (unpaired) electrons. The molecule has 0 saturated heterocycles. The molecule has 0 aliphatic carbocycles. The fourth-order valence-electron chi connectivity index (χ4n) is 3.02. The summed E-state index contributed by atoms with van der Waals surface area (Å²) in [5.41, 5.74) is 2.52. The van der Waals surface area contributed by atoms with Crippen LogP contribution in [0.3, 0.4) is 0 Å².